The molecule has 1 aliphatic rings. The van der Waals surface area contributed by atoms with Gasteiger partial charge in [0.1, 0.15) is 11.8 Å². The predicted octanol–water partition coefficient (Wildman–Crippen LogP) is 5.37. The Balaban J connectivity index is 1.49. The van der Waals surface area contributed by atoms with Crippen molar-refractivity contribution in [2.45, 2.75) is 18.9 Å². The standard InChI is InChI=1S/C22H19Cl2N3O3S/c1-30-19-7-3-2-5-14(19)17-12-31-22(25-17)26-20(28)18-6-4-10-27(18)21(29)13-8-9-15(23)16(24)11-13/h2-3,5,7-9,11-12,18H,4,6,10H2,1H3,(H,25,26,28). The summed E-state index contributed by atoms with van der Waals surface area (Å²) in [5, 5.41) is 5.87. The van der Waals surface area contributed by atoms with Gasteiger partial charge in [0.15, 0.2) is 5.13 Å². The van der Waals surface area contributed by atoms with Gasteiger partial charge in [0.25, 0.3) is 5.91 Å². The smallest absolute Gasteiger partial charge is 0.254 e. The Labute approximate surface area is 193 Å². The van der Waals surface area contributed by atoms with Crippen LogP contribution in [0.1, 0.15) is 23.2 Å². The van der Waals surface area contributed by atoms with Crippen LogP contribution in [0.2, 0.25) is 10.0 Å². The molecule has 2 heterocycles. The number of carbonyl (C=O) groups is 2. The fourth-order valence-corrected chi connectivity index (χ4v) is 4.59. The first-order chi connectivity index (χ1) is 15.0. The van der Waals surface area contributed by atoms with E-state index in [0.717, 1.165) is 12.0 Å². The maximum atomic E-state index is 13.0. The number of amides is 2. The first-order valence-electron chi connectivity index (χ1n) is 9.63. The molecule has 1 aromatic heterocycles. The molecular weight excluding hydrogens is 457 g/mol. The zero-order valence-corrected chi connectivity index (χ0v) is 18.9. The molecular formula is C22H19Cl2N3O3S. The second kappa shape index (κ2) is 9.26. The third-order valence-electron chi connectivity index (χ3n) is 5.10. The molecule has 1 atom stereocenters. The summed E-state index contributed by atoms with van der Waals surface area (Å²) in [5.41, 5.74) is 1.97. The van der Waals surface area contributed by atoms with E-state index in [1.807, 2.05) is 29.6 Å². The van der Waals surface area contributed by atoms with Crippen molar-refractivity contribution in [2.75, 3.05) is 19.0 Å². The van der Waals surface area contributed by atoms with Gasteiger partial charge < -0.3 is 15.0 Å². The van der Waals surface area contributed by atoms with Crippen LogP contribution in [0.3, 0.4) is 0 Å². The predicted molar refractivity (Wildman–Crippen MR) is 123 cm³/mol. The number of rotatable bonds is 5. The van der Waals surface area contributed by atoms with Gasteiger partial charge in [0.05, 0.1) is 22.8 Å². The number of benzene rings is 2. The van der Waals surface area contributed by atoms with Gasteiger partial charge in [0, 0.05) is 23.1 Å². The van der Waals surface area contributed by atoms with E-state index in [0.29, 0.717) is 45.1 Å². The van der Waals surface area contributed by atoms with Crippen molar-refractivity contribution in [1.82, 2.24) is 9.88 Å². The zero-order valence-electron chi connectivity index (χ0n) is 16.6. The first kappa shape index (κ1) is 21.6. The van der Waals surface area contributed by atoms with Crippen LogP contribution in [0.25, 0.3) is 11.3 Å². The number of hydrogen-bond acceptors (Lipinski definition) is 5. The van der Waals surface area contributed by atoms with Crippen molar-refractivity contribution in [2.24, 2.45) is 0 Å². The van der Waals surface area contributed by atoms with E-state index in [-0.39, 0.29) is 11.8 Å². The Kier molecular flexibility index (Phi) is 6.46. The lowest BCUT2D eigenvalue weighted by Gasteiger charge is -2.23. The summed E-state index contributed by atoms with van der Waals surface area (Å²) in [5.74, 6) is 0.205. The van der Waals surface area contributed by atoms with Crippen molar-refractivity contribution < 1.29 is 14.3 Å². The van der Waals surface area contributed by atoms with Crippen LogP contribution in [0.15, 0.2) is 47.8 Å². The molecule has 1 unspecified atom stereocenters. The number of para-hydroxylation sites is 1. The van der Waals surface area contributed by atoms with Gasteiger partial charge >= 0.3 is 0 Å². The summed E-state index contributed by atoms with van der Waals surface area (Å²) in [4.78, 5) is 32.0. The highest BCUT2D eigenvalue weighted by atomic mass is 35.5. The lowest BCUT2D eigenvalue weighted by molar-refractivity contribution is -0.119. The lowest BCUT2D eigenvalue weighted by Crippen LogP contribution is -2.43. The fourth-order valence-electron chi connectivity index (χ4n) is 3.58. The number of anilines is 1. The molecule has 4 rings (SSSR count). The van der Waals surface area contributed by atoms with Gasteiger partial charge in [-0.2, -0.15) is 0 Å². The molecule has 0 saturated carbocycles. The molecule has 1 N–H and O–H groups in total. The van der Waals surface area contributed by atoms with Crippen molar-refractivity contribution in [3.05, 3.63) is 63.5 Å². The van der Waals surface area contributed by atoms with E-state index in [2.05, 4.69) is 10.3 Å². The largest absolute Gasteiger partial charge is 0.496 e. The molecule has 9 heteroatoms. The topological polar surface area (TPSA) is 71.5 Å². The maximum Gasteiger partial charge on any atom is 0.254 e. The molecule has 6 nitrogen and oxygen atoms in total. The minimum Gasteiger partial charge on any atom is -0.496 e. The van der Waals surface area contributed by atoms with Crippen molar-refractivity contribution in [3.8, 4) is 17.0 Å². The van der Waals surface area contributed by atoms with E-state index in [1.54, 1.807) is 24.1 Å². The molecule has 2 aromatic carbocycles. The summed E-state index contributed by atoms with van der Waals surface area (Å²) < 4.78 is 5.39. The number of hydrogen-bond donors (Lipinski definition) is 1. The number of nitrogens with zero attached hydrogens (tertiary/aromatic N) is 2. The van der Waals surface area contributed by atoms with Crippen LogP contribution in [-0.2, 0) is 4.79 Å². The molecule has 0 bridgehead atoms. The van der Waals surface area contributed by atoms with Gasteiger partial charge in [-0.3, -0.25) is 9.59 Å². The monoisotopic (exact) mass is 475 g/mol. The molecule has 0 spiro atoms. The second-order valence-electron chi connectivity index (χ2n) is 7.01. The number of likely N-dealkylation sites (tertiary alicyclic amines) is 1. The molecule has 0 radical (unpaired) electrons. The Morgan fingerprint density at radius 1 is 1.19 bits per heavy atom. The van der Waals surface area contributed by atoms with Gasteiger partial charge in [0.2, 0.25) is 5.91 Å². The van der Waals surface area contributed by atoms with E-state index < -0.39 is 6.04 Å². The van der Waals surface area contributed by atoms with E-state index >= 15 is 0 Å². The molecule has 1 aliphatic heterocycles. The molecule has 0 aliphatic carbocycles. The molecule has 1 fully saturated rings. The number of thiazole rings is 1. The average molecular weight is 476 g/mol. The summed E-state index contributed by atoms with van der Waals surface area (Å²) >= 11 is 13.3. The second-order valence-corrected chi connectivity index (χ2v) is 8.69. The Morgan fingerprint density at radius 2 is 2.00 bits per heavy atom. The van der Waals surface area contributed by atoms with Crippen LogP contribution in [0.4, 0.5) is 5.13 Å². The summed E-state index contributed by atoms with van der Waals surface area (Å²) in [6, 6.07) is 11.7. The number of methoxy groups -OCH3 is 1. The Hall–Kier alpha value is -2.61. The molecule has 160 valence electrons. The number of ether oxygens (including phenoxy) is 1. The minimum atomic E-state index is -0.569. The van der Waals surface area contributed by atoms with Crippen molar-refractivity contribution in [1.29, 1.82) is 0 Å². The minimum absolute atomic E-state index is 0.245. The van der Waals surface area contributed by atoms with Crippen LogP contribution >= 0.6 is 34.5 Å². The van der Waals surface area contributed by atoms with Crippen LogP contribution in [0.5, 0.6) is 5.75 Å². The fraction of sp³-hybridized carbons (Fsp3) is 0.227. The SMILES string of the molecule is COc1ccccc1-c1csc(NC(=O)C2CCCN2C(=O)c2ccc(Cl)c(Cl)c2)n1. The third kappa shape index (κ3) is 4.54. The number of halogens is 2. The van der Waals surface area contributed by atoms with Crippen LogP contribution in [0, 0.1) is 0 Å². The zero-order chi connectivity index (χ0) is 22.0. The highest BCUT2D eigenvalue weighted by Gasteiger charge is 2.35. The molecule has 3 aromatic rings. The summed E-state index contributed by atoms with van der Waals surface area (Å²) in [6.45, 7) is 0.501. The maximum absolute atomic E-state index is 13.0. The normalized spacial score (nSPS) is 15.7. The van der Waals surface area contributed by atoms with Gasteiger partial charge in [-0.15, -0.1) is 11.3 Å². The van der Waals surface area contributed by atoms with Gasteiger partial charge in [-0.05, 0) is 43.2 Å². The molecule has 31 heavy (non-hydrogen) atoms. The van der Waals surface area contributed by atoms with Crippen molar-refractivity contribution >= 4 is 51.5 Å². The average Bonchev–Trinajstić information content (AvgIpc) is 3.45. The summed E-state index contributed by atoms with van der Waals surface area (Å²) in [6.07, 6.45) is 1.33. The third-order valence-corrected chi connectivity index (χ3v) is 6.60. The molecule has 1 saturated heterocycles. The number of aromatic nitrogens is 1. The summed E-state index contributed by atoms with van der Waals surface area (Å²) in [7, 11) is 1.60. The van der Waals surface area contributed by atoms with Crippen LogP contribution < -0.4 is 10.1 Å². The van der Waals surface area contributed by atoms with E-state index in [9.17, 15) is 9.59 Å². The molecule has 2 amide bonds. The van der Waals surface area contributed by atoms with Gasteiger partial charge in [-0.25, -0.2) is 4.98 Å². The lowest BCUT2D eigenvalue weighted by atomic mass is 10.1. The Morgan fingerprint density at radius 3 is 2.77 bits per heavy atom. The number of carbonyl (C=O) groups excluding carboxylic acids is 2. The first-order valence-corrected chi connectivity index (χ1v) is 11.3. The van der Waals surface area contributed by atoms with Gasteiger partial charge in [-0.1, -0.05) is 35.3 Å². The van der Waals surface area contributed by atoms with E-state index in [4.69, 9.17) is 27.9 Å². The number of nitrogens with one attached hydrogen (secondary N) is 1. The van der Waals surface area contributed by atoms with Crippen molar-refractivity contribution in [3.63, 3.8) is 0 Å². The highest BCUT2D eigenvalue weighted by molar-refractivity contribution is 7.14. The quantitative estimate of drug-likeness (QED) is 0.538. The van der Waals surface area contributed by atoms with E-state index in [1.165, 1.54) is 17.4 Å². The Bertz CT molecular complexity index is 1130. The highest BCUT2D eigenvalue weighted by Crippen LogP contribution is 2.32. The van der Waals surface area contributed by atoms with Crippen LogP contribution in [-0.4, -0.2) is 41.4 Å².